The van der Waals surface area contributed by atoms with Crippen molar-refractivity contribution in [2.24, 2.45) is 0 Å². The fourth-order valence-corrected chi connectivity index (χ4v) is 5.17. The van der Waals surface area contributed by atoms with Crippen LogP contribution in [-0.4, -0.2) is 71.6 Å². The second-order valence-electron chi connectivity index (χ2n) is 8.97. The summed E-state index contributed by atoms with van der Waals surface area (Å²) in [7, 11) is 1.62. The third-order valence-corrected chi connectivity index (χ3v) is 7.65. The van der Waals surface area contributed by atoms with E-state index in [2.05, 4.69) is 15.1 Å². The van der Waals surface area contributed by atoms with Gasteiger partial charge in [-0.2, -0.15) is 5.10 Å². The van der Waals surface area contributed by atoms with Gasteiger partial charge in [-0.05, 0) is 29.8 Å². The minimum absolute atomic E-state index is 0.0254. The minimum Gasteiger partial charge on any atom is -0.497 e. The van der Waals surface area contributed by atoms with E-state index in [4.69, 9.17) is 27.9 Å². The predicted octanol–water partition coefficient (Wildman–Crippen LogP) is 3.81. The van der Waals surface area contributed by atoms with Crippen molar-refractivity contribution in [2.45, 2.75) is 19.4 Å². The van der Waals surface area contributed by atoms with Gasteiger partial charge in [0.25, 0.3) is 5.91 Å². The number of rotatable bonds is 5. The lowest BCUT2D eigenvalue weighted by Crippen LogP contribution is -2.49. The second-order valence-corrected chi connectivity index (χ2v) is 9.76. The van der Waals surface area contributed by atoms with E-state index in [1.807, 2.05) is 41.3 Å². The molecule has 1 saturated heterocycles. The van der Waals surface area contributed by atoms with Gasteiger partial charge in [0.1, 0.15) is 5.75 Å². The fraction of sp³-hybridized carbons (Fsp3) is 0.346. The number of methoxy groups -OCH3 is 1. The molecule has 0 spiro atoms. The Morgan fingerprint density at radius 2 is 1.75 bits per heavy atom. The number of hydrogen-bond donors (Lipinski definition) is 1. The topological polar surface area (TPSA) is 81.8 Å². The summed E-state index contributed by atoms with van der Waals surface area (Å²) in [6, 6.07) is 13.1. The Morgan fingerprint density at radius 3 is 2.47 bits per heavy atom. The zero-order valence-electron chi connectivity index (χ0n) is 20.0. The van der Waals surface area contributed by atoms with Crippen molar-refractivity contribution in [3.05, 3.63) is 75.0 Å². The molecule has 10 heteroatoms. The average Bonchev–Trinajstić information content (AvgIpc) is 3.34. The van der Waals surface area contributed by atoms with E-state index in [1.165, 1.54) is 0 Å². The van der Waals surface area contributed by atoms with Gasteiger partial charge in [-0.1, -0.05) is 41.4 Å². The van der Waals surface area contributed by atoms with Gasteiger partial charge in [0, 0.05) is 56.9 Å². The molecule has 188 valence electrons. The summed E-state index contributed by atoms with van der Waals surface area (Å²) in [5.74, 6) is 0.665. The van der Waals surface area contributed by atoms with E-state index in [0.29, 0.717) is 67.8 Å². The number of carbonyl (C=O) groups is 2. The number of carbonyl (C=O) groups excluding carboxylic acids is 2. The lowest BCUT2D eigenvalue weighted by atomic mass is 10.0. The van der Waals surface area contributed by atoms with Gasteiger partial charge in [-0.15, -0.1) is 0 Å². The molecular weight excluding hydrogens is 501 g/mol. The summed E-state index contributed by atoms with van der Waals surface area (Å²) in [5, 5.41) is 8.42. The van der Waals surface area contributed by atoms with Crippen molar-refractivity contribution in [1.82, 2.24) is 20.0 Å². The molecule has 0 radical (unpaired) electrons. The normalized spacial score (nSPS) is 15.6. The third kappa shape index (κ3) is 4.88. The molecule has 3 heterocycles. The van der Waals surface area contributed by atoms with Crippen LogP contribution in [0.3, 0.4) is 0 Å². The molecule has 0 unspecified atom stereocenters. The van der Waals surface area contributed by atoms with Gasteiger partial charge in [0.05, 0.1) is 29.3 Å². The Balaban J connectivity index is 1.23. The first-order valence-electron chi connectivity index (χ1n) is 11.9. The Labute approximate surface area is 219 Å². The quantitative estimate of drug-likeness (QED) is 0.545. The summed E-state index contributed by atoms with van der Waals surface area (Å²) in [6.45, 7) is 3.35. The number of nitrogens with one attached hydrogen (secondary N) is 1. The van der Waals surface area contributed by atoms with E-state index >= 15 is 0 Å². The Bertz CT molecular complexity index is 1270. The Morgan fingerprint density at radius 1 is 1.00 bits per heavy atom. The molecule has 0 saturated carbocycles. The van der Waals surface area contributed by atoms with Crippen LogP contribution in [0.2, 0.25) is 10.0 Å². The third-order valence-electron chi connectivity index (χ3n) is 6.84. The van der Waals surface area contributed by atoms with E-state index < -0.39 is 0 Å². The molecule has 0 atom stereocenters. The Kier molecular flexibility index (Phi) is 7.07. The SMILES string of the molecule is COc1ccc(CC(=O)N2CCc3[nH]nc(C(=O)N4CCN(c5cccc(Cl)c5Cl)CC4)c3C2)cc1. The number of aromatic nitrogens is 2. The molecule has 2 aliphatic rings. The first-order chi connectivity index (χ1) is 17.4. The van der Waals surface area contributed by atoms with Crippen LogP contribution in [0.1, 0.15) is 27.3 Å². The van der Waals surface area contributed by atoms with E-state index in [1.54, 1.807) is 18.1 Å². The zero-order valence-corrected chi connectivity index (χ0v) is 21.5. The zero-order chi connectivity index (χ0) is 25.2. The van der Waals surface area contributed by atoms with E-state index in [-0.39, 0.29) is 11.8 Å². The highest BCUT2D eigenvalue weighted by molar-refractivity contribution is 6.43. The maximum Gasteiger partial charge on any atom is 0.274 e. The summed E-state index contributed by atoms with van der Waals surface area (Å²) in [5.41, 5.74) is 3.94. The number of anilines is 1. The van der Waals surface area contributed by atoms with E-state index in [0.717, 1.165) is 28.3 Å². The molecule has 36 heavy (non-hydrogen) atoms. The van der Waals surface area contributed by atoms with Crippen molar-refractivity contribution in [2.75, 3.05) is 44.7 Å². The molecule has 3 aromatic rings. The molecule has 2 aromatic carbocycles. The van der Waals surface area contributed by atoms with E-state index in [9.17, 15) is 9.59 Å². The highest BCUT2D eigenvalue weighted by atomic mass is 35.5. The molecule has 2 amide bonds. The number of benzene rings is 2. The van der Waals surface area contributed by atoms with Gasteiger partial charge in [0.2, 0.25) is 5.91 Å². The van der Waals surface area contributed by atoms with Gasteiger partial charge in [-0.3, -0.25) is 14.7 Å². The van der Waals surface area contributed by atoms with Crippen LogP contribution in [0.5, 0.6) is 5.75 Å². The average molecular weight is 528 g/mol. The van der Waals surface area contributed by atoms with Crippen molar-refractivity contribution >= 4 is 40.7 Å². The van der Waals surface area contributed by atoms with Crippen LogP contribution in [0.4, 0.5) is 5.69 Å². The van der Waals surface area contributed by atoms with Crippen LogP contribution < -0.4 is 9.64 Å². The number of hydrogen-bond acceptors (Lipinski definition) is 5. The van der Waals surface area contributed by atoms with Crippen LogP contribution in [0.15, 0.2) is 42.5 Å². The largest absolute Gasteiger partial charge is 0.497 e. The molecule has 1 aromatic heterocycles. The van der Waals surface area contributed by atoms with Crippen LogP contribution in [0.25, 0.3) is 0 Å². The number of H-pyrrole nitrogens is 1. The van der Waals surface area contributed by atoms with Crippen molar-refractivity contribution in [1.29, 1.82) is 0 Å². The van der Waals surface area contributed by atoms with Crippen molar-refractivity contribution in [3.8, 4) is 5.75 Å². The number of ether oxygens (including phenoxy) is 1. The smallest absolute Gasteiger partial charge is 0.274 e. The number of amides is 2. The molecular formula is C26H27Cl2N5O3. The summed E-state index contributed by atoms with van der Waals surface area (Å²) < 4.78 is 5.19. The van der Waals surface area contributed by atoms with Gasteiger partial charge in [-0.25, -0.2) is 0 Å². The molecule has 0 aliphatic carbocycles. The predicted molar refractivity (Wildman–Crippen MR) is 139 cm³/mol. The van der Waals surface area contributed by atoms with Crippen molar-refractivity contribution < 1.29 is 14.3 Å². The lowest BCUT2D eigenvalue weighted by Gasteiger charge is -2.36. The van der Waals surface area contributed by atoms with Crippen LogP contribution in [-0.2, 0) is 24.2 Å². The maximum absolute atomic E-state index is 13.4. The maximum atomic E-state index is 13.4. The first-order valence-corrected chi connectivity index (χ1v) is 12.6. The highest BCUT2D eigenvalue weighted by Gasteiger charge is 2.31. The Hall–Kier alpha value is -3.23. The summed E-state index contributed by atoms with van der Waals surface area (Å²) >= 11 is 12.6. The standard InChI is InChI=1S/C26H27Cl2N5O3/c1-36-18-7-5-17(6-8-18)15-23(34)33-10-9-21-19(16-33)25(30-29-21)26(35)32-13-11-31(12-14-32)22-4-2-3-20(27)24(22)28/h2-8H,9-16H2,1H3,(H,29,30). The van der Waals surface area contributed by atoms with Gasteiger partial charge >= 0.3 is 0 Å². The molecule has 0 bridgehead atoms. The number of fused-ring (bicyclic) bond motifs is 1. The summed E-state index contributed by atoms with van der Waals surface area (Å²) in [4.78, 5) is 32.1. The monoisotopic (exact) mass is 527 g/mol. The molecule has 1 N–H and O–H groups in total. The van der Waals surface area contributed by atoms with Gasteiger partial charge < -0.3 is 19.4 Å². The van der Waals surface area contributed by atoms with Crippen molar-refractivity contribution in [3.63, 3.8) is 0 Å². The fourth-order valence-electron chi connectivity index (χ4n) is 4.75. The number of piperazine rings is 1. The number of nitrogens with zero attached hydrogens (tertiary/aromatic N) is 4. The lowest BCUT2D eigenvalue weighted by molar-refractivity contribution is -0.131. The first kappa shape index (κ1) is 24.5. The second kappa shape index (κ2) is 10.4. The highest BCUT2D eigenvalue weighted by Crippen LogP contribution is 2.33. The van der Waals surface area contributed by atoms with Crippen LogP contribution >= 0.6 is 23.2 Å². The molecule has 2 aliphatic heterocycles. The van der Waals surface area contributed by atoms with Gasteiger partial charge in [0.15, 0.2) is 5.69 Å². The van der Waals surface area contributed by atoms with Crippen LogP contribution in [0, 0.1) is 0 Å². The number of aromatic amines is 1. The molecule has 5 rings (SSSR count). The molecule has 8 nitrogen and oxygen atoms in total. The summed E-state index contributed by atoms with van der Waals surface area (Å²) in [6.07, 6.45) is 0.944. The molecule has 1 fully saturated rings. The number of halogens is 2. The minimum atomic E-state index is -0.117.